The van der Waals surface area contributed by atoms with Crippen molar-refractivity contribution in [3.05, 3.63) is 59.2 Å². The second-order valence-corrected chi connectivity index (χ2v) is 7.59. The number of aliphatic imine (C=N–C) groups is 1. The molecule has 6 heteroatoms. The summed E-state index contributed by atoms with van der Waals surface area (Å²) < 4.78 is 0. The van der Waals surface area contributed by atoms with Crippen molar-refractivity contribution < 1.29 is 9.59 Å². The van der Waals surface area contributed by atoms with E-state index >= 15 is 0 Å². The normalized spacial score (nSPS) is 18.0. The maximum Gasteiger partial charge on any atom is 0.240 e. The zero-order valence-electron chi connectivity index (χ0n) is 15.0. The van der Waals surface area contributed by atoms with Gasteiger partial charge < -0.3 is 10.6 Å². The molecule has 0 radical (unpaired) electrons. The summed E-state index contributed by atoms with van der Waals surface area (Å²) in [5.41, 5.74) is 4.99. The van der Waals surface area contributed by atoms with Crippen LogP contribution in [-0.4, -0.2) is 22.2 Å². The van der Waals surface area contributed by atoms with Gasteiger partial charge in [0.1, 0.15) is 5.25 Å². The average Bonchev–Trinajstić information content (AvgIpc) is 2.92. The van der Waals surface area contributed by atoms with Gasteiger partial charge in [0.25, 0.3) is 0 Å². The zero-order chi connectivity index (χ0) is 18.7. The molecule has 0 spiro atoms. The first-order valence-corrected chi connectivity index (χ1v) is 9.28. The molecule has 0 saturated carbocycles. The van der Waals surface area contributed by atoms with Gasteiger partial charge in [-0.1, -0.05) is 35.5 Å². The molecule has 134 valence electrons. The molecule has 2 amide bonds. The van der Waals surface area contributed by atoms with E-state index in [2.05, 4.69) is 15.6 Å². The maximum absolute atomic E-state index is 12.2. The Hall–Kier alpha value is -2.60. The first-order valence-electron chi connectivity index (χ1n) is 8.41. The van der Waals surface area contributed by atoms with Crippen LogP contribution in [0.15, 0.2) is 47.5 Å². The standard InChI is InChI=1S/C20H21N3O2S/c1-12-4-7-15(8-5-12)21-18(24)11-17-19(25)23-20(26-17)22-16-9-6-13(2)14(3)10-16/h4-10,17H,11H2,1-3H3,(H,21,24)(H,22,23,25). The van der Waals surface area contributed by atoms with Crippen molar-refractivity contribution in [2.75, 3.05) is 5.32 Å². The van der Waals surface area contributed by atoms with Gasteiger partial charge in [0, 0.05) is 12.1 Å². The fraction of sp³-hybridized carbons (Fsp3) is 0.250. The Bertz CT molecular complexity index is 875. The third-order valence-corrected chi connectivity index (χ3v) is 5.29. The Morgan fingerprint density at radius 2 is 1.85 bits per heavy atom. The summed E-state index contributed by atoms with van der Waals surface area (Å²) in [4.78, 5) is 28.8. The number of amides is 2. The molecule has 0 aromatic heterocycles. The molecular formula is C20H21N3O2S. The van der Waals surface area contributed by atoms with Crippen LogP contribution >= 0.6 is 11.8 Å². The number of aryl methyl sites for hydroxylation is 3. The minimum Gasteiger partial charge on any atom is -0.326 e. The van der Waals surface area contributed by atoms with Crippen LogP contribution in [0.1, 0.15) is 23.1 Å². The first-order chi connectivity index (χ1) is 12.4. The molecule has 26 heavy (non-hydrogen) atoms. The molecule has 0 bridgehead atoms. The van der Waals surface area contributed by atoms with Gasteiger partial charge in [0.05, 0.1) is 5.69 Å². The number of amidine groups is 1. The highest BCUT2D eigenvalue weighted by Gasteiger charge is 2.32. The number of benzene rings is 2. The third kappa shape index (κ3) is 4.52. The Morgan fingerprint density at radius 1 is 1.12 bits per heavy atom. The predicted octanol–water partition coefficient (Wildman–Crippen LogP) is 3.86. The van der Waals surface area contributed by atoms with Crippen LogP contribution in [0.4, 0.5) is 11.4 Å². The van der Waals surface area contributed by atoms with Gasteiger partial charge in [0.2, 0.25) is 11.8 Å². The third-order valence-electron chi connectivity index (χ3n) is 4.20. The number of thioether (sulfide) groups is 1. The summed E-state index contributed by atoms with van der Waals surface area (Å²) in [6, 6.07) is 13.5. The SMILES string of the molecule is Cc1ccc(NC(=O)CC2SC(=Nc3ccc(C)c(C)c3)NC2=O)cc1. The number of nitrogens with one attached hydrogen (secondary N) is 2. The lowest BCUT2D eigenvalue weighted by Crippen LogP contribution is -2.28. The molecular weight excluding hydrogens is 346 g/mol. The van der Waals surface area contributed by atoms with Crippen LogP contribution in [0.2, 0.25) is 0 Å². The summed E-state index contributed by atoms with van der Waals surface area (Å²) in [6.45, 7) is 6.06. The zero-order valence-corrected chi connectivity index (χ0v) is 15.8. The highest BCUT2D eigenvalue weighted by Crippen LogP contribution is 2.26. The number of hydrogen-bond donors (Lipinski definition) is 2. The number of rotatable bonds is 4. The van der Waals surface area contributed by atoms with Crippen molar-refractivity contribution in [2.45, 2.75) is 32.4 Å². The van der Waals surface area contributed by atoms with Gasteiger partial charge in [-0.05, 0) is 56.2 Å². The van der Waals surface area contributed by atoms with Crippen molar-refractivity contribution >= 4 is 40.1 Å². The van der Waals surface area contributed by atoms with Crippen molar-refractivity contribution in [2.24, 2.45) is 4.99 Å². The van der Waals surface area contributed by atoms with E-state index in [0.717, 1.165) is 22.5 Å². The van der Waals surface area contributed by atoms with Gasteiger partial charge in [-0.3, -0.25) is 9.59 Å². The number of hydrogen-bond acceptors (Lipinski definition) is 4. The van der Waals surface area contributed by atoms with Crippen LogP contribution in [0.25, 0.3) is 0 Å². The topological polar surface area (TPSA) is 70.6 Å². The number of carbonyl (C=O) groups excluding carboxylic acids is 2. The first kappa shape index (κ1) is 18.2. The summed E-state index contributed by atoms with van der Waals surface area (Å²) in [7, 11) is 0. The van der Waals surface area contributed by atoms with Gasteiger partial charge in [0.15, 0.2) is 5.17 Å². The van der Waals surface area contributed by atoms with E-state index in [1.807, 2.05) is 63.2 Å². The molecule has 1 saturated heterocycles. The Morgan fingerprint density at radius 3 is 2.54 bits per heavy atom. The smallest absolute Gasteiger partial charge is 0.240 e. The summed E-state index contributed by atoms with van der Waals surface area (Å²) >= 11 is 1.29. The van der Waals surface area contributed by atoms with Crippen molar-refractivity contribution in [1.29, 1.82) is 0 Å². The highest BCUT2D eigenvalue weighted by atomic mass is 32.2. The van der Waals surface area contributed by atoms with Gasteiger partial charge in [-0.25, -0.2) is 4.99 Å². The predicted molar refractivity (Wildman–Crippen MR) is 107 cm³/mol. The molecule has 3 rings (SSSR count). The van der Waals surface area contributed by atoms with Crippen LogP contribution in [0, 0.1) is 20.8 Å². The second-order valence-electron chi connectivity index (χ2n) is 6.40. The molecule has 1 aliphatic rings. The minimum atomic E-state index is -0.467. The molecule has 0 aliphatic carbocycles. The monoisotopic (exact) mass is 367 g/mol. The summed E-state index contributed by atoms with van der Waals surface area (Å²) in [6.07, 6.45) is 0.107. The molecule has 2 N–H and O–H groups in total. The van der Waals surface area contributed by atoms with E-state index in [4.69, 9.17) is 0 Å². The molecule has 1 atom stereocenters. The Balaban J connectivity index is 1.62. The van der Waals surface area contributed by atoms with Crippen molar-refractivity contribution in [3.8, 4) is 0 Å². The lowest BCUT2D eigenvalue weighted by Gasteiger charge is -2.07. The molecule has 2 aromatic carbocycles. The highest BCUT2D eigenvalue weighted by molar-refractivity contribution is 8.15. The van der Waals surface area contributed by atoms with Crippen molar-refractivity contribution in [3.63, 3.8) is 0 Å². The maximum atomic E-state index is 12.2. The van der Waals surface area contributed by atoms with E-state index in [1.54, 1.807) is 0 Å². The van der Waals surface area contributed by atoms with E-state index in [1.165, 1.54) is 17.3 Å². The summed E-state index contributed by atoms with van der Waals surface area (Å²) in [5.74, 6) is -0.370. The van der Waals surface area contributed by atoms with E-state index in [0.29, 0.717) is 5.17 Å². The molecule has 1 heterocycles. The van der Waals surface area contributed by atoms with Gasteiger partial charge >= 0.3 is 0 Å². The van der Waals surface area contributed by atoms with E-state index in [-0.39, 0.29) is 18.2 Å². The molecule has 1 unspecified atom stereocenters. The number of nitrogens with zero attached hydrogens (tertiary/aromatic N) is 1. The fourth-order valence-corrected chi connectivity index (χ4v) is 3.51. The van der Waals surface area contributed by atoms with E-state index < -0.39 is 5.25 Å². The molecule has 5 nitrogen and oxygen atoms in total. The number of anilines is 1. The van der Waals surface area contributed by atoms with Crippen LogP contribution in [0.5, 0.6) is 0 Å². The summed E-state index contributed by atoms with van der Waals surface area (Å²) in [5, 5.41) is 5.65. The van der Waals surface area contributed by atoms with Gasteiger partial charge in [-0.15, -0.1) is 0 Å². The largest absolute Gasteiger partial charge is 0.326 e. The van der Waals surface area contributed by atoms with E-state index in [9.17, 15) is 9.59 Å². The van der Waals surface area contributed by atoms with Crippen molar-refractivity contribution in [1.82, 2.24) is 5.32 Å². The minimum absolute atomic E-state index is 0.107. The second kappa shape index (κ2) is 7.74. The fourth-order valence-electron chi connectivity index (χ4n) is 2.52. The van der Waals surface area contributed by atoms with Crippen LogP contribution in [0.3, 0.4) is 0 Å². The molecule has 2 aromatic rings. The lowest BCUT2D eigenvalue weighted by atomic mass is 10.1. The Kier molecular flexibility index (Phi) is 5.42. The van der Waals surface area contributed by atoms with Gasteiger partial charge in [-0.2, -0.15) is 0 Å². The lowest BCUT2D eigenvalue weighted by molar-refractivity contribution is -0.122. The number of carbonyl (C=O) groups is 2. The quantitative estimate of drug-likeness (QED) is 0.862. The average molecular weight is 367 g/mol. The van der Waals surface area contributed by atoms with Crippen LogP contribution in [-0.2, 0) is 9.59 Å². The van der Waals surface area contributed by atoms with Crippen LogP contribution < -0.4 is 10.6 Å². The Labute approximate surface area is 157 Å². The molecule has 1 aliphatic heterocycles. The molecule has 1 fully saturated rings.